The van der Waals surface area contributed by atoms with Gasteiger partial charge in [-0.1, -0.05) is 5.92 Å². The lowest BCUT2D eigenvalue weighted by Crippen LogP contribution is -2.55. The minimum Gasteiger partial charge on any atom is -0.433 e. The number of ether oxygens (including phenoxy) is 1. The lowest BCUT2D eigenvalue weighted by molar-refractivity contribution is -0.205. The number of aromatic amines is 1. The van der Waals surface area contributed by atoms with Crippen LogP contribution in [0.15, 0.2) is 9.59 Å². The average Bonchev–Trinajstić information content (AvgIpc) is 2.90. The van der Waals surface area contributed by atoms with E-state index in [9.17, 15) is 27.6 Å². The van der Waals surface area contributed by atoms with Crippen LogP contribution in [0.25, 0.3) is 11.2 Å². The highest BCUT2D eigenvalue weighted by atomic mass is 19.4. The number of hydrogen-bond acceptors (Lipinski definition) is 7. The predicted molar refractivity (Wildman–Crippen MR) is 95.2 cm³/mol. The number of nitrogens with zero attached hydrogens (tertiary/aromatic N) is 4. The van der Waals surface area contributed by atoms with Crippen LogP contribution in [0.3, 0.4) is 0 Å². The van der Waals surface area contributed by atoms with Crippen molar-refractivity contribution in [2.45, 2.75) is 25.9 Å². The van der Waals surface area contributed by atoms with Gasteiger partial charge in [-0.05, 0) is 6.92 Å². The molecule has 2 aromatic rings. The van der Waals surface area contributed by atoms with Crippen LogP contribution in [0.1, 0.15) is 6.92 Å². The highest BCUT2D eigenvalue weighted by molar-refractivity contribution is 5.84. The lowest BCUT2D eigenvalue weighted by atomic mass is 10.3. The zero-order chi connectivity index (χ0) is 21.3. The number of carbonyl (C=O) groups excluding carboxylic acids is 1. The topological polar surface area (TPSA) is 114 Å². The minimum atomic E-state index is -5.18. The van der Waals surface area contributed by atoms with Crippen LogP contribution in [-0.4, -0.2) is 57.1 Å². The number of halogens is 3. The number of alkyl halides is 3. The Kier molecular flexibility index (Phi) is 5.38. The number of H-pyrrole nitrogens is 1. The van der Waals surface area contributed by atoms with Gasteiger partial charge in [0.05, 0.1) is 13.1 Å². The lowest BCUT2D eigenvalue weighted by Gasteiger charge is -2.36. The molecule has 0 amide bonds. The number of rotatable bonds is 3. The molecule has 13 heteroatoms. The summed E-state index contributed by atoms with van der Waals surface area (Å²) in [6.07, 6.45) is -6.55. The summed E-state index contributed by atoms with van der Waals surface area (Å²) in [4.78, 5) is 43.6. The Balaban J connectivity index is 2.17. The van der Waals surface area contributed by atoms with E-state index in [1.54, 1.807) is 6.92 Å². The van der Waals surface area contributed by atoms with Crippen LogP contribution in [0, 0.1) is 11.8 Å². The highest BCUT2D eigenvalue weighted by Crippen LogP contribution is 2.26. The minimum absolute atomic E-state index is 0.0213. The molecule has 10 nitrogen and oxygen atoms in total. The Morgan fingerprint density at radius 1 is 1.38 bits per heavy atom. The quantitative estimate of drug-likeness (QED) is 0.504. The van der Waals surface area contributed by atoms with Gasteiger partial charge in [-0.15, -0.1) is 5.92 Å². The second kappa shape index (κ2) is 7.63. The van der Waals surface area contributed by atoms with Crippen molar-refractivity contribution < 1.29 is 22.7 Å². The fourth-order valence-electron chi connectivity index (χ4n) is 3.03. The number of anilines is 1. The van der Waals surface area contributed by atoms with E-state index >= 15 is 0 Å². The number of fused-ring (bicyclic) bond motifs is 1. The first-order valence-electron chi connectivity index (χ1n) is 8.49. The molecular formula is C16H17F3N6O4. The molecule has 1 aliphatic rings. The smallest absolute Gasteiger partial charge is 0.433 e. The van der Waals surface area contributed by atoms with Gasteiger partial charge in [0.2, 0.25) is 0 Å². The van der Waals surface area contributed by atoms with Crippen LogP contribution < -0.4 is 21.6 Å². The Morgan fingerprint density at radius 2 is 2.10 bits per heavy atom. The van der Waals surface area contributed by atoms with E-state index < -0.39 is 29.8 Å². The molecule has 0 spiro atoms. The highest BCUT2D eigenvalue weighted by Gasteiger charge is 2.44. The first-order chi connectivity index (χ1) is 13.6. The van der Waals surface area contributed by atoms with Gasteiger partial charge in [0.1, 0.15) is 11.2 Å². The van der Waals surface area contributed by atoms with Crippen molar-refractivity contribution in [1.82, 2.24) is 24.4 Å². The standard InChI is InChI=1S/C16H17F3N6O4/c1-3-4-6-25-10-11(23(2)15(25)28)21-14(27)22-12(10)24-7-5-20-8-9(24)29-13(26)16(17,18)19/h9,20H,5-8H2,1-2H3,(H,21,22,27). The molecule has 1 saturated heterocycles. The average molecular weight is 414 g/mol. The van der Waals surface area contributed by atoms with Crippen molar-refractivity contribution >= 4 is 23.0 Å². The molecule has 1 aliphatic heterocycles. The maximum atomic E-state index is 12.7. The zero-order valence-corrected chi connectivity index (χ0v) is 15.5. The Hall–Kier alpha value is -3.27. The normalized spacial score (nSPS) is 17.1. The second-order valence-electron chi connectivity index (χ2n) is 6.17. The van der Waals surface area contributed by atoms with Gasteiger partial charge < -0.3 is 15.0 Å². The molecule has 0 bridgehead atoms. The maximum Gasteiger partial charge on any atom is 0.491 e. The van der Waals surface area contributed by atoms with Crippen molar-refractivity contribution in [2.75, 3.05) is 24.5 Å². The van der Waals surface area contributed by atoms with Crippen molar-refractivity contribution in [2.24, 2.45) is 7.05 Å². The van der Waals surface area contributed by atoms with E-state index in [4.69, 9.17) is 0 Å². The molecule has 2 aromatic heterocycles. The molecule has 3 rings (SSSR count). The van der Waals surface area contributed by atoms with Gasteiger partial charge in [0.15, 0.2) is 12.0 Å². The first kappa shape index (κ1) is 20.5. The number of aromatic nitrogens is 4. The van der Waals surface area contributed by atoms with E-state index in [1.165, 1.54) is 21.1 Å². The van der Waals surface area contributed by atoms with Crippen molar-refractivity contribution in [3.8, 4) is 11.8 Å². The molecule has 1 unspecified atom stereocenters. The number of aryl methyl sites for hydroxylation is 1. The van der Waals surface area contributed by atoms with Gasteiger partial charge in [-0.2, -0.15) is 18.2 Å². The van der Waals surface area contributed by atoms with Gasteiger partial charge >= 0.3 is 23.5 Å². The monoisotopic (exact) mass is 414 g/mol. The van der Waals surface area contributed by atoms with E-state index in [2.05, 4.69) is 31.9 Å². The summed E-state index contributed by atoms with van der Waals surface area (Å²) in [6.45, 7) is 1.86. The summed E-state index contributed by atoms with van der Waals surface area (Å²) in [5.74, 6) is 2.95. The molecule has 1 atom stereocenters. The summed E-state index contributed by atoms with van der Waals surface area (Å²) in [7, 11) is 1.43. The molecule has 2 N–H and O–H groups in total. The molecule has 156 valence electrons. The zero-order valence-electron chi connectivity index (χ0n) is 15.5. The van der Waals surface area contributed by atoms with Crippen molar-refractivity contribution in [3.05, 3.63) is 21.0 Å². The summed E-state index contributed by atoms with van der Waals surface area (Å²) >= 11 is 0. The number of imidazole rings is 1. The second-order valence-corrected chi connectivity index (χ2v) is 6.17. The van der Waals surface area contributed by atoms with Gasteiger partial charge in [-0.3, -0.25) is 14.1 Å². The van der Waals surface area contributed by atoms with Crippen molar-refractivity contribution in [3.63, 3.8) is 0 Å². The predicted octanol–water partition coefficient (Wildman–Crippen LogP) is -0.712. The number of carbonyl (C=O) groups is 1. The fraction of sp³-hybridized carbons (Fsp3) is 0.500. The molecule has 1 fully saturated rings. The molecule has 0 radical (unpaired) electrons. The van der Waals surface area contributed by atoms with Crippen LogP contribution in [-0.2, 0) is 23.1 Å². The molecule has 0 saturated carbocycles. The number of nitrogens with one attached hydrogen (secondary N) is 2. The van der Waals surface area contributed by atoms with Crippen molar-refractivity contribution in [1.29, 1.82) is 0 Å². The maximum absolute atomic E-state index is 12.7. The molecule has 29 heavy (non-hydrogen) atoms. The molecule has 0 aromatic carbocycles. The van der Waals surface area contributed by atoms with Gasteiger partial charge in [-0.25, -0.2) is 14.4 Å². The summed E-state index contributed by atoms with van der Waals surface area (Å²) in [6, 6.07) is 0. The molecule has 0 aliphatic carbocycles. The van der Waals surface area contributed by atoms with Crippen LogP contribution >= 0.6 is 0 Å². The fourth-order valence-corrected chi connectivity index (χ4v) is 3.03. The number of piperazine rings is 1. The molecule has 3 heterocycles. The van der Waals surface area contributed by atoms with E-state index in [1.807, 2.05) is 0 Å². The third-order valence-electron chi connectivity index (χ3n) is 4.35. The first-order valence-corrected chi connectivity index (χ1v) is 8.49. The Labute approximate surface area is 161 Å². The number of hydrogen-bond donors (Lipinski definition) is 2. The third-order valence-corrected chi connectivity index (χ3v) is 4.35. The van der Waals surface area contributed by atoms with E-state index in [-0.39, 0.29) is 36.6 Å². The van der Waals surface area contributed by atoms with Gasteiger partial charge in [0, 0.05) is 20.1 Å². The van der Waals surface area contributed by atoms with Crippen LogP contribution in [0.4, 0.5) is 19.0 Å². The van der Waals surface area contributed by atoms with E-state index in [0.29, 0.717) is 6.54 Å². The molecular weight excluding hydrogens is 397 g/mol. The Morgan fingerprint density at radius 3 is 2.76 bits per heavy atom. The van der Waals surface area contributed by atoms with Crippen LogP contribution in [0.5, 0.6) is 0 Å². The van der Waals surface area contributed by atoms with Gasteiger partial charge in [0.25, 0.3) is 0 Å². The van der Waals surface area contributed by atoms with Crippen LogP contribution in [0.2, 0.25) is 0 Å². The summed E-state index contributed by atoms with van der Waals surface area (Å²) < 4.78 is 45.0. The summed E-state index contributed by atoms with van der Waals surface area (Å²) in [5.41, 5.74) is -0.995. The third kappa shape index (κ3) is 3.83. The van der Waals surface area contributed by atoms with E-state index in [0.717, 1.165) is 0 Å². The number of esters is 1. The summed E-state index contributed by atoms with van der Waals surface area (Å²) in [5, 5.41) is 2.82. The largest absolute Gasteiger partial charge is 0.491 e. The SMILES string of the molecule is CC#CCn1c(=O)n(C)c2[nH]c(=O)nc(N3CCNCC3OC(=O)C(F)(F)F)c21. The Bertz CT molecular complexity index is 1120.